The molecule has 1 aliphatic carbocycles. The van der Waals surface area contributed by atoms with Crippen LogP contribution in [0.3, 0.4) is 0 Å². The molecule has 0 unspecified atom stereocenters. The van der Waals surface area contributed by atoms with Crippen molar-refractivity contribution >= 4 is 0 Å². The second kappa shape index (κ2) is 2.79. The summed E-state index contributed by atoms with van der Waals surface area (Å²) in [5.41, 5.74) is 6.08. The molecule has 0 aliphatic heterocycles. The summed E-state index contributed by atoms with van der Waals surface area (Å²) in [7, 11) is 0. The number of nitrogens with zero attached hydrogens (tertiary/aromatic N) is 3. The Balaban J connectivity index is 2.40. The fourth-order valence-corrected chi connectivity index (χ4v) is 2.15. The van der Waals surface area contributed by atoms with Crippen molar-refractivity contribution in [1.82, 2.24) is 14.8 Å². The third-order valence-electron chi connectivity index (χ3n) is 3.33. The molecular formula is C10H18N4. The zero-order valence-electron chi connectivity index (χ0n) is 9.12. The molecule has 1 aromatic rings. The Hall–Kier alpha value is -0.900. The molecule has 0 saturated heterocycles. The van der Waals surface area contributed by atoms with Gasteiger partial charge in [0.25, 0.3) is 0 Å². The van der Waals surface area contributed by atoms with E-state index in [4.69, 9.17) is 5.73 Å². The molecule has 2 N–H and O–H groups in total. The van der Waals surface area contributed by atoms with Gasteiger partial charge in [-0.25, -0.2) is 9.67 Å². The van der Waals surface area contributed by atoms with E-state index in [1.807, 2.05) is 4.68 Å². The quantitative estimate of drug-likeness (QED) is 0.783. The van der Waals surface area contributed by atoms with E-state index in [-0.39, 0.29) is 11.0 Å². The van der Waals surface area contributed by atoms with Crippen LogP contribution in [0.4, 0.5) is 0 Å². The van der Waals surface area contributed by atoms with Crippen molar-refractivity contribution in [2.45, 2.75) is 51.1 Å². The van der Waals surface area contributed by atoms with Gasteiger partial charge in [-0.3, -0.25) is 0 Å². The molecule has 4 nitrogen and oxygen atoms in total. The number of hydrogen-bond acceptors (Lipinski definition) is 3. The minimum Gasteiger partial charge on any atom is -0.325 e. The van der Waals surface area contributed by atoms with E-state index in [1.54, 1.807) is 6.33 Å². The van der Waals surface area contributed by atoms with Crippen molar-refractivity contribution in [3.8, 4) is 0 Å². The third kappa shape index (κ3) is 1.17. The number of hydrogen-bond donors (Lipinski definition) is 1. The van der Waals surface area contributed by atoms with Crippen LogP contribution >= 0.6 is 0 Å². The lowest BCUT2D eigenvalue weighted by atomic mass is 9.84. The summed E-state index contributed by atoms with van der Waals surface area (Å²) >= 11 is 0. The first kappa shape index (κ1) is 9.65. The van der Waals surface area contributed by atoms with E-state index < -0.39 is 0 Å². The molecule has 0 amide bonds. The Morgan fingerprint density at radius 3 is 2.64 bits per heavy atom. The number of aryl methyl sites for hydroxylation is 1. The average molecular weight is 194 g/mol. The summed E-state index contributed by atoms with van der Waals surface area (Å²) in [6, 6.07) is 0. The molecule has 0 radical (unpaired) electrons. The Kier molecular flexibility index (Phi) is 1.93. The maximum Gasteiger partial charge on any atom is 0.138 e. The first-order valence-electron chi connectivity index (χ1n) is 5.18. The van der Waals surface area contributed by atoms with Crippen LogP contribution in [0.2, 0.25) is 0 Å². The van der Waals surface area contributed by atoms with Crippen LogP contribution in [0, 0.1) is 0 Å². The van der Waals surface area contributed by atoms with Crippen molar-refractivity contribution in [3.05, 3.63) is 12.2 Å². The van der Waals surface area contributed by atoms with Crippen molar-refractivity contribution in [2.75, 3.05) is 0 Å². The van der Waals surface area contributed by atoms with E-state index in [9.17, 15) is 0 Å². The minimum absolute atomic E-state index is 0.0690. The fraction of sp³-hybridized carbons (Fsp3) is 0.800. The van der Waals surface area contributed by atoms with Gasteiger partial charge in [0.2, 0.25) is 0 Å². The van der Waals surface area contributed by atoms with Crippen LogP contribution in [0.5, 0.6) is 0 Å². The molecule has 1 saturated carbocycles. The monoisotopic (exact) mass is 194 g/mol. The molecule has 0 aromatic carbocycles. The smallest absolute Gasteiger partial charge is 0.138 e. The van der Waals surface area contributed by atoms with E-state index in [1.165, 1.54) is 0 Å². The highest BCUT2D eigenvalue weighted by Gasteiger charge is 2.56. The normalized spacial score (nSPS) is 19.7. The van der Waals surface area contributed by atoms with Crippen LogP contribution < -0.4 is 5.73 Å². The van der Waals surface area contributed by atoms with Crippen molar-refractivity contribution < 1.29 is 0 Å². The first-order valence-corrected chi connectivity index (χ1v) is 5.18. The summed E-state index contributed by atoms with van der Waals surface area (Å²) in [5.74, 6) is 1.06. The van der Waals surface area contributed by atoms with Crippen molar-refractivity contribution in [1.29, 1.82) is 0 Å². The Morgan fingerprint density at radius 2 is 2.21 bits per heavy atom. The predicted octanol–water partition coefficient (Wildman–Crippen LogP) is 1.07. The van der Waals surface area contributed by atoms with Crippen molar-refractivity contribution in [3.63, 3.8) is 0 Å². The van der Waals surface area contributed by atoms with Gasteiger partial charge >= 0.3 is 0 Å². The maximum absolute atomic E-state index is 6.21. The SMILES string of the molecule is CCn1ncnc1C1(C(C)(C)N)CC1. The Labute approximate surface area is 84.5 Å². The topological polar surface area (TPSA) is 56.7 Å². The highest BCUT2D eigenvalue weighted by Crippen LogP contribution is 2.53. The summed E-state index contributed by atoms with van der Waals surface area (Å²) in [6.45, 7) is 7.11. The second-order valence-electron chi connectivity index (χ2n) is 4.70. The van der Waals surface area contributed by atoms with E-state index in [0.29, 0.717) is 0 Å². The third-order valence-corrected chi connectivity index (χ3v) is 3.33. The van der Waals surface area contributed by atoms with Crippen LogP contribution in [0.15, 0.2) is 6.33 Å². The molecule has 0 atom stereocenters. The molecule has 1 fully saturated rings. The first-order chi connectivity index (χ1) is 6.51. The molecule has 1 aliphatic rings. The molecule has 4 heteroatoms. The molecular weight excluding hydrogens is 176 g/mol. The van der Waals surface area contributed by atoms with Crippen molar-refractivity contribution in [2.24, 2.45) is 5.73 Å². The molecule has 0 spiro atoms. The summed E-state index contributed by atoms with van der Waals surface area (Å²) in [5, 5.41) is 4.20. The fourth-order valence-electron chi connectivity index (χ4n) is 2.15. The van der Waals surface area contributed by atoms with Crippen LogP contribution in [-0.2, 0) is 12.0 Å². The van der Waals surface area contributed by atoms with Crippen LogP contribution in [0.1, 0.15) is 39.4 Å². The molecule has 2 rings (SSSR count). The highest BCUT2D eigenvalue weighted by atomic mass is 15.3. The van der Waals surface area contributed by atoms with Gasteiger partial charge in [-0.05, 0) is 33.6 Å². The van der Waals surface area contributed by atoms with E-state index in [0.717, 1.165) is 25.2 Å². The van der Waals surface area contributed by atoms with Gasteiger partial charge in [0.15, 0.2) is 0 Å². The predicted molar refractivity (Wildman–Crippen MR) is 54.9 cm³/mol. The van der Waals surface area contributed by atoms with E-state index >= 15 is 0 Å². The van der Waals surface area contributed by atoms with Gasteiger partial charge in [-0.15, -0.1) is 0 Å². The second-order valence-corrected chi connectivity index (χ2v) is 4.70. The summed E-state index contributed by atoms with van der Waals surface area (Å²) in [6.07, 6.45) is 3.90. The van der Waals surface area contributed by atoms with Gasteiger partial charge in [-0.2, -0.15) is 5.10 Å². The number of aromatic nitrogens is 3. The molecule has 14 heavy (non-hydrogen) atoms. The number of nitrogens with two attached hydrogens (primary N) is 1. The van der Waals surface area contributed by atoms with Gasteiger partial charge in [0.05, 0.1) is 0 Å². The maximum atomic E-state index is 6.21. The summed E-state index contributed by atoms with van der Waals surface area (Å²) in [4.78, 5) is 4.36. The lowest BCUT2D eigenvalue weighted by molar-refractivity contribution is 0.359. The molecule has 1 aromatic heterocycles. The highest BCUT2D eigenvalue weighted by molar-refractivity contribution is 5.26. The minimum atomic E-state index is -0.201. The van der Waals surface area contributed by atoms with Crippen LogP contribution in [-0.4, -0.2) is 20.3 Å². The van der Waals surface area contributed by atoms with Gasteiger partial charge in [-0.1, -0.05) is 0 Å². The zero-order chi connectivity index (χ0) is 10.4. The average Bonchev–Trinajstić information content (AvgIpc) is 2.78. The number of rotatable bonds is 3. The lowest BCUT2D eigenvalue weighted by Gasteiger charge is -2.29. The van der Waals surface area contributed by atoms with E-state index in [2.05, 4.69) is 30.9 Å². The Morgan fingerprint density at radius 1 is 1.57 bits per heavy atom. The van der Waals surface area contributed by atoms with Gasteiger partial charge in [0.1, 0.15) is 12.2 Å². The largest absolute Gasteiger partial charge is 0.325 e. The zero-order valence-corrected chi connectivity index (χ0v) is 9.12. The molecule has 0 bridgehead atoms. The standard InChI is InChI=1S/C10H18N4/c1-4-14-8(12-7-13-14)10(5-6-10)9(2,3)11/h7H,4-6,11H2,1-3H3. The summed E-state index contributed by atoms with van der Waals surface area (Å²) < 4.78 is 1.96. The lowest BCUT2D eigenvalue weighted by Crippen LogP contribution is -2.46. The van der Waals surface area contributed by atoms with Gasteiger partial charge < -0.3 is 5.73 Å². The Bertz CT molecular complexity index is 330. The van der Waals surface area contributed by atoms with Gasteiger partial charge in [0, 0.05) is 17.5 Å². The van der Waals surface area contributed by atoms with Crippen LogP contribution in [0.25, 0.3) is 0 Å². The molecule has 78 valence electrons. The molecule has 1 heterocycles.